The average Bonchev–Trinajstić information content (AvgIpc) is 4.06. The number of aromatic amines is 1. The first-order valence-corrected chi connectivity index (χ1v) is 21.2. The lowest BCUT2D eigenvalue weighted by atomic mass is 10.1. The number of nitrogens with one attached hydrogen (secondary N) is 3. The topological polar surface area (TPSA) is 177 Å². The number of benzene rings is 1. The number of pyridine rings is 1. The molecule has 1 unspecified atom stereocenters. The van der Waals surface area contributed by atoms with Crippen molar-refractivity contribution in [2.45, 2.75) is 121 Å². The van der Waals surface area contributed by atoms with Gasteiger partial charge in [0.25, 0.3) is 5.91 Å². The van der Waals surface area contributed by atoms with Gasteiger partial charge in [-0.2, -0.15) is 0 Å². The molecule has 54 heavy (non-hydrogen) atoms. The van der Waals surface area contributed by atoms with Gasteiger partial charge in [-0.3, -0.25) is 23.9 Å². The van der Waals surface area contributed by atoms with Crippen LogP contribution in [0.15, 0.2) is 41.0 Å². The Bertz CT molecular complexity index is 1920. The molecule has 2 saturated carbocycles. The van der Waals surface area contributed by atoms with Crippen molar-refractivity contribution in [1.29, 1.82) is 0 Å². The minimum Gasteiger partial charge on any atom is -0.496 e. The maximum atomic E-state index is 12.5. The molecule has 2 aromatic heterocycles. The maximum Gasteiger partial charge on any atom is 0.252 e. The Labute approximate surface area is 322 Å². The third-order valence-electron chi connectivity index (χ3n) is 9.49. The number of sulfonamides is 1. The number of aryl methyl sites for hydroxylation is 1. The molecule has 3 fully saturated rings. The van der Waals surface area contributed by atoms with Gasteiger partial charge in [0.2, 0.25) is 22.3 Å². The molecule has 0 bridgehead atoms. The Morgan fingerprint density at radius 1 is 1.13 bits per heavy atom. The summed E-state index contributed by atoms with van der Waals surface area (Å²) in [6.07, 6.45) is 11.0. The van der Waals surface area contributed by atoms with E-state index in [0.29, 0.717) is 43.3 Å². The number of fused-ring (bicyclic) bond motifs is 1. The molecule has 2 atom stereocenters. The summed E-state index contributed by atoms with van der Waals surface area (Å²) >= 11 is 1.55. The second-order valence-corrected chi connectivity index (χ2v) is 17.0. The van der Waals surface area contributed by atoms with Gasteiger partial charge in [-0.25, -0.2) is 13.4 Å². The van der Waals surface area contributed by atoms with Crippen LogP contribution in [0.1, 0.15) is 102 Å². The molecule has 0 spiro atoms. The molecule has 3 aliphatic rings. The third kappa shape index (κ3) is 12.0. The molecule has 296 valence electrons. The summed E-state index contributed by atoms with van der Waals surface area (Å²) in [5.74, 6) is 1.10. The summed E-state index contributed by atoms with van der Waals surface area (Å²) in [5, 5.41) is 6.26. The standard InChI is InChI=1S/C18H30N2O3.C17H18N2O2S.C4H7NO3S/c1-3-4-5-6-7-13-23-14(2)18(22)20-12-8-9-16(20)17(21)19-15-10-11-15;1-9(2)13-8-22-17(19-13)12-7-14(20)11-5-6-15(21-4)10(3)16(11)18-12;6-3-5-9(7,8)4-1-2-4/h3,14-16H,1,4-13H2,2H3,(H,19,21);5-9H,1-4H3,(H,18,20);3-4H,1-2H2,(H,5,6)/t14-,16?;;/m1../s1. The third-order valence-corrected chi connectivity index (χ3v) is 12.2. The van der Waals surface area contributed by atoms with Crippen LogP contribution in [0.2, 0.25) is 0 Å². The van der Waals surface area contributed by atoms with E-state index >= 15 is 0 Å². The molecule has 3 heterocycles. The van der Waals surface area contributed by atoms with Crippen molar-refractivity contribution in [3.63, 3.8) is 0 Å². The summed E-state index contributed by atoms with van der Waals surface area (Å²) < 4.78 is 34.1. The fourth-order valence-corrected chi connectivity index (χ4v) is 7.99. The molecule has 1 aromatic carbocycles. The minimum absolute atomic E-state index is 0.00389. The van der Waals surface area contributed by atoms with Gasteiger partial charge in [0.15, 0.2) is 5.43 Å². The molecule has 2 aliphatic carbocycles. The first-order chi connectivity index (χ1) is 25.8. The summed E-state index contributed by atoms with van der Waals surface area (Å²) in [4.78, 5) is 56.5. The van der Waals surface area contributed by atoms with Gasteiger partial charge in [-0.15, -0.1) is 17.9 Å². The van der Waals surface area contributed by atoms with E-state index in [1.807, 2.05) is 24.4 Å². The van der Waals surface area contributed by atoms with Crippen molar-refractivity contribution in [1.82, 2.24) is 24.9 Å². The van der Waals surface area contributed by atoms with Crippen molar-refractivity contribution < 1.29 is 32.3 Å². The number of H-pyrrole nitrogens is 1. The number of amides is 3. The zero-order valence-corrected chi connectivity index (χ0v) is 33.7. The Hall–Kier alpha value is -4.08. The van der Waals surface area contributed by atoms with Crippen molar-refractivity contribution in [3.05, 3.63) is 57.7 Å². The van der Waals surface area contributed by atoms with Gasteiger partial charge in [0.1, 0.15) is 22.9 Å². The van der Waals surface area contributed by atoms with Crippen LogP contribution in [-0.2, 0) is 29.1 Å². The molecule has 3 amide bonds. The van der Waals surface area contributed by atoms with Crippen LogP contribution in [0, 0.1) is 6.92 Å². The number of nitrogens with zero attached hydrogens (tertiary/aromatic N) is 2. The molecule has 15 heteroatoms. The number of hydrogen-bond acceptors (Lipinski definition) is 10. The van der Waals surface area contributed by atoms with Crippen molar-refractivity contribution in [2.75, 3.05) is 20.3 Å². The van der Waals surface area contributed by atoms with Gasteiger partial charge in [-0.1, -0.05) is 26.3 Å². The number of carbonyl (C=O) groups excluding carboxylic acids is 3. The number of methoxy groups -OCH3 is 1. The summed E-state index contributed by atoms with van der Waals surface area (Å²) in [7, 11) is -1.62. The highest BCUT2D eigenvalue weighted by molar-refractivity contribution is 7.90. The Morgan fingerprint density at radius 2 is 1.87 bits per heavy atom. The molecule has 1 aliphatic heterocycles. The SMILES string of the molecule is C=CCCCCCO[C@H](C)C(=O)N1CCCC1C(=O)NC1CC1.COc1ccc2c(=O)cc(-c3nc(C(C)C)cs3)[nH]c2c1C.O=CNS(=O)(=O)C1CC1. The number of hydrogen-bond donors (Lipinski definition) is 3. The van der Waals surface area contributed by atoms with Gasteiger partial charge < -0.3 is 24.7 Å². The van der Waals surface area contributed by atoms with E-state index in [0.717, 1.165) is 84.6 Å². The Balaban J connectivity index is 0.000000197. The summed E-state index contributed by atoms with van der Waals surface area (Å²) in [6, 6.07) is 5.28. The highest BCUT2D eigenvalue weighted by Gasteiger charge is 2.38. The van der Waals surface area contributed by atoms with Crippen molar-refractivity contribution in [2.24, 2.45) is 0 Å². The minimum atomic E-state index is -3.26. The van der Waals surface area contributed by atoms with Crippen LogP contribution in [0.25, 0.3) is 21.6 Å². The molecule has 1 saturated heterocycles. The number of allylic oxidation sites excluding steroid dienone is 1. The zero-order chi connectivity index (χ0) is 39.4. The predicted molar refractivity (Wildman–Crippen MR) is 212 cm³/mol. The van der Waals surface area contributed by atoms with E-state index in [9.17, 15) is 27.6 Å². The quantitative estimate of drug-likeness (QED) is 0.0931. The van der Waals surface area contributed by atoms with E-state index in [-0.39, 0.29) is 34.9 Å². The number of thiazole rings is 1. The summed E-state index contributed by atoms with van der Waals surface area (Å²) in [5.41, 5.74) is 3.53. The lowest BCUT2D eigenvalue weighted by molar-refractivity contribution is -0.147. The number of likely N-dealkylation sites (tertiary alicyclic amines) is 1. The van der Waals surface area contributed by atoms with E-state index in [1.165, 1.54) is 0 Å². The fraction of sp³-hybridized carbons (Fsp3) is 0.564. The molecule has 0 radical (unpaired) electrons. The average molecular weight is 786 g/mol. The molecular weight excluding hydrogens is 731 g/mol. The number of ether oxygens (including phenoxy) is 2. The van der Waals surface area contributed by atoms with Gasteiger partial charge >= 0.3 is 0 Å². The second kappa shape index (κ2) is 20.0. The van der Waals surface area contributed by atoms with Crippen LogP contribution >= 0.6 is 11.3 Å². The number of aromatic nitrogens is 2. The lowest BCUT2D eigenvalue weighted by Gasteiger charge is -2.26. The number of rotatable bonds is 16. The molecule has 3 N–H and O–H groups in total. The Morgan fingerprint density at radius 3 is 2.48 bits per heavy atom. The second-order valence-electron chi connectivity index (χ2n) is 14.2. The molecule has 3 aromatic rings. The van der Waals surface area contributed by atoms with Crippen LogP contribution in [0.4, 0.5) is 0 Å². The van der Waals surface area contributed by atoms with E-state index in [1.54, 1.807) is 47.1 Å². The highest BCUT2D eigenvalue weighted by atomic mass is 32.2. The van der Waals surface area contributed by atoms with Crippen LogP contribution in [-0.4, -0.2) is 85.2 Å². The highest BCUT2D eigenvalue weighted by Crippen LogP contribution is 2.29. The monoisotopic (exact) mass is 785 g/mol. The number of carbonyl (C=O) groups is 3. The van der Waals surface area contributed by atoms with Gasteiger partial charge in [0, 0.05) is 41.6 Å². The largest absolute Gasteiger partial charge is 0.496 e. The normalized spacial score (nSPS) is 17.1. The van der Waals surface area contributed by atoms with E-state index in [4.69, 9.17) is 9.47 Å². The predicted octanol–water partition coefficient (Wildman–Crippen LogP) is 5.72. The number of unbranched alkanes of at least 4 members (excludes halogenated alkanes) is 3. The van der Waals surface area contributed by atoms with Crippen LogP contribution in [0.5, 0.6) is 5.75 Å². The zero-order valence-electron chi connectivity index (χ0n) is 32.0. The smallest absolute Gasteiger partial charge is 0.252 e. The maximum absolute atomic E-state index is 12.5. The van der Waals surface area contributed by atoms with Crippen LogP contribution < -0.4 is 20.2 Å². The van der Waals surface area contributed by atoms with Crippen molar-refractivity contribution in [3.8, 4) is 16.5 Å². The lowest BCUT2D eigenvalue weighted by Crippen LogP contribution is -2.49. The first-order valence-electron chi connectivity index (χ1n) is 18.8. The molecular formula is C39H55N5O8S2. The van der Waals surface area contributed by atoms with E-state index in [2.05, 4.69) is 35.7 Å². The van der Waals surface area contributed by atoms with Crippen molar-refractivity contribution >= 4 is 50.5 Å². The fourth-order valence-electron chi connectivity index (χ4n) is 5.95. The van der Waals surface area contributed by atoms with Gasteiger partial charge in [0.05, 0.1) is 29.3 Å². The summed E-state index contributed by atoms with van der Waals surface area (Å²) in [6.45, 7) is 12.9. The first kappa shape index (κ1) is 42.7. The molecule has 6 rings (SSSR count). The van der Waals surface area contributed by atoms with Crippen LogP contribution in [0.3, 0.4) is 0 Å². The molecule has 13 nitrogen and oxygen atoms in total. The Kier molecular flexibility index (Phi) is 15.8. The van der Waals surface area contributed by atoms with E-state index < -0.39 is 16.1 Å². The van der Waals surface area contributed by atoms with Gasteiger partial charge in [-0.05, 0) is 89.7 Å².